The van der Waals surface area contributed by atoms with Crippen LogP contribution in [0.2, 0.25) is 0 Å². The summed E-state index contributed by atoms with van der Waals surface area (Å²) in [5.41, 5.74) is 1.17. The Morgan fingerprint density at radius 1 is 1.48 bits per heavy atom. The van der Waals surface area contributed by atoms with Gasteiger partial charge in [-0.15, -0.1) is 11.3 Å². The van der Waals surface area contributed by atoms with Gasteiger partial charge in [0, 0.05) is 36.5 Å². The predicted octanol–water partition coefficient (Wildman–Crippen LogP) is 1.74. The van der Waals surface area contributed by atoms with Gasteiger partial charge < -0.3 is 10.1 Å². The van der Waals surface area contributed by atoms with Crippen molar-refractivity contribution in [2.45, 2.75) is 24.8 Å². The minimum Gasteiger partial charge on any atom is -0.380 e. The molecule has 1 aromatic heterocycles. The van der Waals surface area contributed by atoms with Gasteiger partial charge in [-0.1, -0.05) is 6.08 Å². The highest BCUT2D eigenvalue weighted by atomic mass is 32.2. The fourth-order valence-electron chi connectivity index (χ4n) is 2.41. The number of sulfonamides is 1. The van der Waals surface area contributed by atoms with E-state index in [4.69, 9.17) is 4.74 Å². The summed E-state index contributed by atoms with van der Waals surface area (Å²) in [5.74, 6) is 0. The van der Waals surface area contributed by atoms with Gasteiger partial charge in [0.25, 0.3) is 0 Å². The highest BCUT2D eigenvalue weighted by molar-refractivity contribution is 7.89. The Morgan fingerprint density at radius 3 is 2.81 bits per heavy atom. The molecule has 1 aliphatic rings. The highest BCUT2D eigenvalue weighted by Crippen LogP contribution is 2.29. The molecule has 0 aromatic carbocycles. The Labute approximate surface area is 130 Å². The molecule has 0 radical (unpaired) electrons. The largest absolute Gasteiger partial charge is 0.380 e. The van der Waals surface area contributed by atoms with Gasteiger partial charge in [-0.2, -0.15) is 4.31 Å². The van der Waals surface area contributed by atoms with Gasteiger partial charge in [0.2, 0.25) is 10.0 Å². The molecule has 5 nitrogen and oxygen atoms in total. The number of thiophene rings is 1. The van der Waals surface area contributed by atoms with Crippen molar-refractivity contribution < 1.29 is 13.2 Å². The molecule has 2 rings (SSSR count). The summed E-state index contributed by atoms with van der Waals surface area (Å²) in [4.78, 5) is 2.34. The third-order valence-corrected chi connectivity index (χ3v) is 6.66. The number of ether oxygens (including phenoxy) is 1. The van der Waals surface area contributed by atoms with E-state index in [1.807, 2.05) is 20.0 Å². The van der Waals surface area contributed by atoms with E-state index in [0.29, 0.717) is 31.1 Å². The molecule has 2 heterocycles. The van der Waals surface area contributed by atoms with Crippen molar-refractivity contribution in [1.29, 1.82) is 0 Å². The van der Waals surface area contributed by atoms with Crippen molar-refractivity contribution >= 4 is 21.4 Å². The fourth-order valence-corrected chi connectivity index (χ4v) is 5.40. The van der Waals surface area contributed by atoms with Crippen LogP contribution in [0.4, 0.5) is 0 Å². The molecule has 0 aliphatic carbocycles. The highest BCUT2D eigenvalue weighted by Gasteiger charge is 2.28. The van der Waals surface area contributed by atoms with Gasteiger partial charge in [0.15, 0.2) is 0 Å². The minimum absolute atomic E-state index is 0.428. The number of nitrogens with zero attached hydrogens (tertiary/aromatic N) is 1. The van der Waals surface area contributed by atoms with Gasteiger partial charge in [-0.25, -0.2) is 8.42 Å². The Morgan fingerprint density at radius 2 is 2.24 bits per heavy atom. The van der Waals surface area contributed by atoms with Crippen molar-refractivity contribution in [3.05, 3.63) is 27.5 Å². The second-order valence-electron chi connectivity index (χ2n) is 5.07. The van der Waals surface area contributed by atoms with Crippen LogP contribution in [-0.4, -0.2) is 46.6 Å². The van der Waals surface area contributed by atoms with Crippen LogP contribution in [0.1, 0.15) is 16.2 Å². The Hall–Kier alpha value is -0.730. The van der Waals surface area contributed by atoms with E-state index >= 15 is 0 Å². The first-order valence-electron chi connectivity index (χ1n) is 6.90. The molecule has 0 amide bonds. The normalized spacial score (nSPS) is 17.0. The van der Waals surface area contributed by atoms with Crippen LogP contribution in [0.25, 0.3) is 0 Å². The number of nitrogens with one attached hydrogen (secondary N) is 1. The molecule has 0 unspecified atom stereocenters. The fraction of sp³-hybridized carbons (Fsp3) is 0.571. The summed E-state index contributed by atoms with van der Waals surface area (Å²) in [6, 6.07) is 1.79. The van der Waals surface area contributed by atoms with E-state index in [2.05, 4.69) is 5.32 Å². The lowest BCUT2D eigenvalue weighted by molar-refractivity contribution is 0.219. The zero-order chi connectivity index (χ0) is 15.5. The molecular weight excluding hydrogens is 308 g/mol. The number of rotatable bonds is 6. The van der Waals surface area contributed by atoms with Crippen LogP contribution in [0.15, 0.2) is 22.6 Å². The average Bonchev–Trinajstić information content (AvgIpc) is 2.82. The number of aryl methyl sites for hydroxylation is 1. The summed E-state index contributed by atoms with van der Waals surface area (Å²) in [5, 5.41) is 3.05. The lowest BCUT2D eigenvalue weighted by atomic mass is 10.1. The molecule has 21 heavy (non-hydrogen) atoms. The van der Waals surface area contributed by atoms with Crippen molar-refractivity contribution in [3.8, 4) is 0 Å². The first kappa shape index (κ1) is 16.6. The predicted molar refractivity (Wildman–Crippen MR) is 85.2 cm³/mol. The van der Waals surface area contributed by atoms with Gasteiger partial charge in [-0.3, -0.25) is 0 Å². The van der Waals surface area contributed by atoms with Crippen molar-refractivity contribution in [3.63, 3.8) is 0 Å². The first-order chi connectivity index (χ1) is 9.98. The molecule has 1 aromatic rings. The van der Waals surface area contributed by atoms with Crippen LogP contribution in [0.3, 0.4) is 0 Å². The van der Waals surface area contributed by atoms with E-state index in [0.717, 1.165) is 16.2 Å². The summed E-state index contributed by atoms with van der Waals surface area (Å²) < 4.78 is 32.1. The molecule has 0 spiro atoms. The van der Waals surface area contributed by atoms with E-state index in [9.17, 15) is 8.42 Å². The zero-order valence-corrected chi connectivity index (χ0v) is 14.3. The maximum atomic E-state index is 12.7. The molecule has 1 N–H and O–H groups in total. The Balaban J connectivity index is 2.19. The molecule has 7 heteroatoms. The van der Waals surface area contributed by atoms with Crippen LogP contribution >= 0.6 is 11.3 Å². The molecule has 0 atom stereocenters. The summed E-state index contributed by atoms with van der Waals surface area (Å²) in [7, 11) is 0.114. The quantitative estimate of drug-likeness (QED) is 0.807. The minimum atomic E-state index is -3.40. The number of methoxy groups -OCH3 is 1. The monoisotopic (exact) mass is 330 g/mol. The second-order valence-corrected chi connectivity index (χ2v) is 8.32. The maximum absolute atomic E-state index is 12.7. The average molecular weight is 330 g/mol. The van der Waals surface area contributed by atoms with Crippen LogP contribution < -0.4 is 5.32 Å². The SMILES string of the molecule is CNCc1cc(S(=O)(=O)N2CC=C(COC)CC2)c(C)s1. The van der Waals surface area contributed by atoms with Gasteiger partial charge in [0.05, 0.1) is 11.5 Å². The van der Waals surface area contributed by atoms with Crippen molar-refractivity contribution in [2.75, 3.05) is 33.9 Å². The van der Waals surface area contributed by atoms with Crippen molar-refractivity contribution in [1.82, 2.24) is 9.62 Å². The first-order valence-corrected chi connectivity index (χ1v) is 9.15. The van der Waals surface area contributed by atoms with Crippen LogP contribution in [0, 0.1) is 6.92 Å². The van der Waals surface area contributed by atoms with E-state index in [1.165, 1.54) is 16.9 Å². The van der Waals surface area contributed by atoms with Crippen LogP contribution in [-0.2, 0) is 21.3 Å². The molecule has 1 aliphatic heterocycles. The van der Waals surface area contributed by atoms with Gasteiger partial charge >= 0.3 is 0 Å². The second kappa shape index (κ2) is 7.02. The Kier molecular flexibility index (Phi) is 5.56. The number of hydrogen-bond donors (Lipinski definition) is 1. The maximum Gasteiger partial charge on any atom is 0.244 e. The molecule has 0 saturated heterocycles. The van der Waals surface area contributed by atoms with Crippen LogP contribution in [0.5, 0.6) is 0 Å². The third-order valence-electron chi connectivity index (χ3n) is 3.49. The lowest BCUT2D eigenvalue weighted by Crippen LogP contribution is -2.35. The third kappa shape index (κ3) is 3.73. The lowest BCUT2D eigenvalue weighted by Gasteiger charge is -2.25. The summed E-state index contributed by atoms with van der Waals surface area (Å²) in [6.45, 7) is 4.09. The Bertz CT molecular complexity index is 620. The van der Waals surface area contributed by atoms with Crippen molar-refractivity contribution in [2.24, 2.45) is 0 Å². The zero-order valence-electron chi connectivity index (χ0n) is 12.7. The molecule has 0 fully saturated rings. The van der Waals surface area contributed by atoms with E-state index in [1.54, 1.807) is 17.5 Å². The van der Waals surface area contributed by atoms with E-state index in [-0.39, 0.29) is 0 Å². The molecular formula is C14H22N2O3S2. The van der Waals surface area contributed by atoms with Gasteiger partial charge in [-0.05, 0) is 32.0 Å². The van der Waals surface area contributed by atoms with E-state index < -0.39 is 10.0 Å². The molecule has 0 saturated carbocycles. The standard InChI is InChI=1S/C14H22N2O3S2/c1-11-14(8-13(20-11)9-15-2)21(17,18)16-6-4-12(5-7-16)10-19-3/h4,8,15H,5-7,9-10H2,1-3H3. The molecule has 0 bridgehead atoms. The van der Waals surface area contributed by atoms with Gasteiger partial charge in [0.1, 0.15) is 0 Å². The smallest absolute Gasteiger partial charge is 0.244 e. The summed E-state index contributed by atoms with van der Waals surface area (Å²) in [6.07, 6.45) is 2.69. The topological polar surface area (TPSA) is 58.6 Å². The summed E-state index contributed by atoms with van der Waals surface area (Å²) >= 11 is 1.53. The molecule has 118 valence electrons. The number of hydrogen-bond acceptors (Lipinski definition) is 5.